The van der Waals surface area contributed by atoms with Crippen LogP contribution in [0, 0.1) is 0 Å². The number of hydrogen-bond acceptors (Lipinski definition) is 4. The topological polar surface area (TPSA) is 83.5 Å². The molecule has 1 fully saturated rings. The predicted octanol–water partition coefficient (Wildman–Crippen LogP) is 2.12. The van der Waals surface area contributed by atoms with Gasteiger partial charge in [0.2, 0.25) is 10.0 Å². The van der Waals surface area contributed by atoms with E-state index in [2.05, 4.69) is 4.72 Å². The van der Waals surface area contributed by atoms with E-state index >= 15 is 0 Å². The zero-order valence-electron chi connectivity index (χ0n) is 11.8. The SMILES string of the molecule is CCc1ccc(C(=O)O)cc1S(=O)(=O)NCC1CCCS1. The van der Waals surface area contributed by atoms with Gasteiger partial charge in [0.1, 0.15) is 0 Å². The van der Waals surface area contributed by atoms with Gasteiger partial charge in [-0.2, -0.15) is 11.8 Å². The van der Waals surface area contributed by atoms with E-state index in [4.69, 9.17) is 5.11 Å². The van der Waals surface area contributed by atoms with E-state index < -0.39 is 16.0 Å². The van der Waals surface area contributed by atoms with Crippen LogP contribution in [0.3, 0.4) is 0 Å². The summed E-state index contributed by atoms with van der Waals surface area (Å²) in [5, 5.41) is 9.34. The van der Waals surface area contributed by atoms with Gasteiger partial charge in [-0.3, -0.25) is 0 Å². The Labute approximate surface area is 129 Å². The van der Waals surface area contributed by atoms with Crippen LogP contribution >= 0.6 is 11.8 Å². The van der Waals surface area contributed by atoms with Crippen LogP contribution in [0.15, 0.2) is 23.1 Å². The Kier molecular flexibility index (Phi) is 5.29. The summed E-state index contributed by atoms with van der Waals surface area (Å²) in [4.78, 5) is 11.1. The standard InChI is InChI=1S/C14H19NO4S2/c1-2-10-5-6-11(14(16)17)8-13(10)21(18,19)15-9-12-4-3-7-20-12/h5-6,8,12,15H,2-4,7,9H2,1H3,(H,16,17). The van der Waals surface area contributed by atoms with Crippen LogP contribution < -0.4 is 4.72 Å². The van der Waals surface area contributed by atoms with Gasteiger partial charge >= 0.3 is 5.97 Å². The maximum Gasteiger partial charge on any atom is 0.335 e. The van der Waals surface area contributed by atoms with E-state index in [-0.39, 0.29) is 10.5 Å². The van der Waals surface area contributed by atoms with Crippen LogP contribution in [0.25, 0.3) is 0 Å². The lowest BCUT2D eigenvalue weighted by Gasteiger charge is -2.14. The highest BCUT2D eigenvalue weighted by atomic mass is 32.2. The number of carboxylic acids is 1. The number of thioether (sulfide) groups is 1. The number of rotatable bonds is 6. The zero-order valence-corrected chi connectivity index (χ0v) is 13.5. The molecule has 116 valence electrons. The highest BCUT2D eigenvalue weighted by Gasteiger charge is 2.23. The molecule has 0 aromatic heterocycles. The number of carbonyl (C=O) groups is 1. The maximum absolute atomic E-state index is 12.4. The molecule has 0 aliphatic carbocycles. The van der Waals surface area contributed by atoms with Crippen molar-refractivity contribution in [2.45, 2.75) is 36.3 Å². The van der Waals surface area contributed by atoms with Gasteiger partial charge in [-0.05, 0) is 42.7 Å². The van der Waals surface area contributed by atoms with E-state index in [9.17, 15) is 13.2 Å². The van der Waals surface area contributed by atoms with Crippen molar-refractivity contribution in [3.63, 3.8) is 0 Å². The molecule has 0 bridgehead atoms. The second-order valence-corrected chi connectivity index (χ2v) is 8.11. The van der Waals surface area contributed by atoms with Crippen molar-refractivity contribution >= 4 is 27.8 Å². The molecule has 1 saturated heterocycles. The van der Waals surface area contributed by atoms with E-state index in [1.807, 2.05) is 6.92 Å². The minimum Gasteiger partial charge on any atom is -0.478 e. The van der Waals surface area contributed by atoms with Gasteiger partial charge in [0.05, 0.1) is 10.5 Å². The third-order valence-electron chi connectivity index (χ3n) is 3.51. The lowest BCUT2D eigenvalue weighted by molar-refractivity contribution is 0.0696. The van der Waals surface area contributed by atoms with E-state index in [1.165, 1.54) is 12.1 Å². The molecule has 1 atom stereocenters. The van der Waals surface area contributed by atoms with Crippen molar-refractivity contribution in [2.24, 2.45) is 0 Å². The molecule has 2 N–H and O–H groups in total. The van der Waals surface area contributed by atoms with Crippen molar-refractivity contribution < 1.29 is 18.3 Å². The molecule has 5 nitrogen and oxygen atoms in total. The Morgan fingerprint density at radius 1 is 1.48 bits per heavy atom. The molecule has 0 radical (unpaired) electrons. The third-order valence-corrected chi connectivity index (χ3v) is 6.41. The Morgan fingerprint density at radius 2 is 2.24 bits per heavy atom. The van der Waals surface area contributed by atoms with Gasteiger partial charge in [0.25, 0.3) is 0 Å². The summed E-state index contributed by atoms with van der Waals surface area (Å²) in [6.45, 7) is 2.25. The first kappa shape index (κ1) is 16.3. The minimum atomic E-state index is -3.67. The summed E-state index contributed by atoms with van der Waals surface area (Å²) in [5.41, 5.74) is 0.620. The van der Waals surface area contributed by atoms with Crippen LogP contribution in [0.2, 0.25) is 0 Å². The van der Waals surface area contributed by atoms with Gasteiger partial charge in [0, 0.05) is 11.8 Å². The largest absolute Gasteiger partial charge is 0.478 e. The molecular weight excluding hydrogens is 310 g/mol. The first-order valence-electron chi connectivity index (χ1n) is 6.91. The quantitative estimate of drug-likeness (QED) is 0.835. The normalized spacial score (nSPS) is 18.8. The Hall–Kier alpha value is -1.05. The number of sulfonamides is 1. The van der Waals surface area contributed by atoms with Crippen LogP contribution in [0.4, 0.5) is 0 Å². The lowest BCUT2D eigenvalue weighted by atomic mass is 10.1. The van der Waals surface area contributed by atoms with Crippen LogP contribution in [0.5, 0.6) is 0 Å². The Morgan fingerprint density at radius 3 is 2.81 bits per heavy atom. The van der Waals surface area contributed by atoms with Crippen molar-refractivity contribution in [1.29, 1.82) is 0 Å². The van der Waals surface area contributed by atoms with Gasteiger partial charge < -0.3 is 5.11 Å². The van der Waals surface area contributed by atoms with E-state index in [0.717, 1.165) is 18.6 Å². The summed E-state index contributed by atoms with van der Waals surface area (Å²) < 4.78 is 27.5. The first-order chi connectivity index (χ1) is 9.94. The monoisotopic (exact) mass is 329 g/mol. The molecule has 1 heterocycles. The van der Waals surface area contributed by atoms with Gasteiger partial charge in [-0.15, -0.1) is 0 Å². The molecule has 0 amide bonds. The zero-order chi connectivity index (χ0) is 15.5. The molecule has 0 saturated carbocycles. The second kappa shape index (κ2) is 6.81. The van der Waals surface area contributed by atoms with Gasteiger partial charge in [0.15, 0.2) is 0 Å². The smallest absolute Gasteiger partial charge is 0.335 e. The fourth-order valence-corrected chi connectivity index (χ4v) is 5.04. The Bertz CT molecular complexity index is 622. The molecular formula is C14H19NO4S2. The number of aryl methyl sites for hydroxylation is 1. The summed E-state index contributed by atoms with van der Waals surface area (Å²) in [6.07, 6.45) is 2.67. The lowest BCUT2D eigenvalue weighted by Crippen LogP contribution is -2.30. The molecule has 1 aromatic rings. The second-order valence-electron chi connectivity index (χ2n) is 4.97. The van der Waals surface area contributed by atoms with Crippen molar-refractivity contribution in [3.05, 3.63) is 29.3 Å². The third kappa shape index (κ3) is 3.99. The number of hydrogen-bond donors (Lipinski definition) is 2. The maximum atomic E-state index is 12.4. The molecule has 1 aromatic carbocycles. The van der Waals surface area contributed by atoms with Crippen LogP contribution in [-0.2, 0) is 16.4 Å². The van der Waals surface area contributed by atoms with E-state index in [1.54, 1.807) is 17.8 Å². The molecule has 2 rings (SSSR count). The number of nitrogens with one attached hydrogen (secondary N) is 1. The van der Waals surface area contributed by atoms with Gasteiger partial charge in [-0.25, -0.2) is 17.9 Å². The highest BCUT2D eigenvalue weighted by molar-refractivity contribution is 8.00. The molecule has 21 heavy (non-hydrogen) atoms. The Balaban J connectivity index is 2.24. The fourth-order valence-electron chi connectivity index (χ4n) is 2.32. The van der Waals surface area contributed by atoms with Crippen molar-refractivity contribution in [2.75, 3.05) is 12.3 Å². The number of benzene rings is 1. The predicted molar refractivity (Wildman–Crippen MR) is 83.4 cm³/mol. The molecule has 0 spiro atoms. The van der Waals surface area contributed by atoms with Crippen LogP contribution in [0.1, 0.15) is 35.7 Å². The average molecular weight is 329 g/mol. The fraction of sp³-hybridized carbons (Fsp3) is 0.500. The van der Waals surface area contributed by atoms with Crippen molar-refractivity contribution in [1.82, 2.24) is 4.72 Å². The first-order valence-corrected chi connectivity index (χ1v) is 9.44. The number of carboxylic acid groups (broad SMARTS) is 1. The summed E-state index contributed by atoms with van der Waals surface area (Å²) in [6, 6.07) is 4.25. The number of aromatic carboxylic acids is 1. The highest BCUT2D eigenvalue weighted by Crippen LogP contribution is 2.26. The molecule has 7 heteroatoms. The van der Waals surface area contributed by atoms with Gasteiger partial charge in [-0.1, -0.05) is 13.0 Å². The van der Waals surface area contributed by atoms with Crippen molar-refractivity contribution in [3.8, 4) is 0 Å². The average Bonchev–Trinajstić information content (AvgIpc) is 2.98. The summed E-state index contributed by atoms with van der Waals surface area (Å²) >= 11 is 1.78. The molecule has 1 aliphatic heterocycles. The van der Waals surface area contributed by atoms with E-state index in [0.29, 0.717) is 23.8 Å². The molecule has 1 aliphatic rings. The summed E-state index contributed by atoms with van der Waals surface area (Å²) in [7, 11) is -3.67. The molecule has 1 unspecified atom stereocenters. The van der Waals surface area contributed by atoms with Crippen LogP contribution in [-0.4, -0.2) is 37.0 Å². The minimum absolute atomic E-state index is 0.0113. The summed E-state index contributed by atoms with van der Waals surface area (Å²) in [5.74, 6) is -0.0540.